The van der Waals surface area contributed by atoms with Crippen LogP contribution in [0, 0.1) is 0 Å². The van der Waals surface area contributed by atoms with Gasteiger partial charge >= 0.3 is 0 Å². The maximum atomic E-state index is 5.86. The second kappa shape index (κ2) is 5.85. The average Bonchev–Trinajstić information content (AvgIpc) is 2.93. The van der Waals surface area contributed by atoms with Crippen molar-refractivity contribution in [1.29, 1.82) is 0 Å². The topological polar surface area (TPSA) is 58.3 Å². The molecule has 112 valence electrons. The Labute approximate surface area is 125 Å². The Morgan fingerprint density at radius 2 is 2.14 bits per heavy atom. The lowest BCUT2D eigenvalue weighted by molar-refractivity contribution is 0.270. The monoisotopic (exact) mass is 285 g/mol. The molecular formula is C16H23N5. The highest BCUT2D eigenvalue weighted by molar-refractivity contribution is 5.90. The van der Waals surface area contributed by atoms with Crippen molar-refractivity contribution in [3.63, 3.8) is 0 Å². The fourth-order valence-electron chi connectivity index (χ4n) is 3.29. The first-order valence-electron chi connectivity index (χ1n) is 7.66. The molecule has 1 unspecified atom stereocenters. The summed E-state index contributed by atoms with van der Waals surface area (Å²) in [5.41, 5.74) is 6.77. The Morgan fingerprint density at radius 3 is 2.95 bits per heavy atom. The molecule has 0 radical (unpaired) electrons. The summed E-state index contributed by atoms with van der Waals surface area (Å²) in [7, 11) is 2.10. The molecule has 1 aromatic heterocycles. The summed E-state index contributed by atoms with van der Waals surface area (Å²) in [4.78, 5) is 13.5. The Morgan fingerprint density at radius 1 is 1.33 bits per heavy atom. The number of aromatic nitrogens is 2. The van der Waals surface area contributed by atoms with E-state index in [1.807, 2.05) is 18.2 Å². The van der Waals surface area contributed by atoms with E-state index in [9.17, 15) is 0 Å². The first-order chi connectivity index (χ1) is 10.2. The normalized spacial score (nSPS) is 19.2. The van der Waals surface area contributed by atoms with Gasteiger partial charge in [0.05, 0.1) is 5.52 Å². The van der Waals surface area contributed by atoms with Crippen LogP contribution < -0.4 is 10.6 Å². The van der Waals surface area contributed by atoms with Gasteiger partial charge in [0.2, 0.25) is 5.95 Å². The first kappa shape index (κ1) is 14.1. The molecule has 1 aliphatic rings. The largest absolute Gasteiger partial charge is 0.368 e. The van der Waals surface area contributed by atoms with Gasteiger partial charge in [0, 0.05) is 25.0 Å². The Hall–Kier alpha value is -1.88. The molecule has 2 aromatic rings. The summed E-state index contributed by atoms with van der Waals surface area (Å²) in [6.07, 6.45) is 2.55. The molecule has 5 nitrogen and oxygen atoms in total. The highest BCUT2D eigenvalue weighted by atomic mass is 15.3. The molecule has 2 N–H and O–H groups in total. The minimum atomic E-state index is 0.342. The Kier molecular flexibility index (Phi) is 3.92. The molecule has 1 aliphatic heterocycles. The Balaban J connectivity index is 1.89. The maximum absolute atomic E-state index is 5.86. The molecule has 1 atom stereocenters. The van der Waals surface area contributed by atoms with Crippen LogP contribution in [-0.2, 0) is 0 Å². The summed E-state index contributed by atoms with van der Waals surface area (Å²) in [5, 5.41) is 1.07. The van der Waals surface area contributed by atoms with Gasteiger partial charge in [-0.05, 0) is 38.1 Å². The zero-order valence-electron chi connectivity index (χ0n) is 12.8. The highest BCUT2D eigenvalue weighted by Gasteiger charge is 2.25. The van der Waals surface area contributed by atoms with E-state index in [-0.39, 0.29) is 0 Å². The minimum Gasteiger partial charge on any atom is -0.368 e. The van der Waals surface area contributed by atoms with Gasteiger partial charge in [0.1, 0.15) is 5.82 Å². The molecule has 0 saturated carbocycles. The summed E-state index contributed by atoms with van der Waals surface area (Å²) < 4.78 is 0. The fraction of sp³-hybridized carbons (Fsp3) is 0.500. The molecule has 0 spiro atoms. The number of hydrogen-bond acceptors (Lipinski definition) is 5. The molecule has 1 saturated heterocycles. The van der Waals surface area contributed by atoms with Crippen molar-refractivity contribution >= 4 is 22.7 Å². The van der Waals surface area contributed by atoms with E-state index in [1.165, 1.54) is 19.4 Å². The van der Waals surface area contributed by atoms with E-state index in [4.69, 9.17) is 5.73 Å². The predicted molar refractivity (Wildman–Crippen MR) is 87.5 cm³/mol. The lowest BCUT2D eigenvalue weighted by atomic mass is 10.2. The highest BCUT2D eigenvalue weighted by Crippen LogP contribution is 2.25. The van der Waals surface area contributed by atoms with Gasteiger partial charge in [0.25, 0.3) is 0 Å². The maximum Gasteiger partial charge on any atom is 0.222 e. The molecule has 21 heavy (non-hydrogen) atoms. The van der Waals surface area contributed by atoms with Crippen LogP contribution in [0.25, 0.3) is 10.9 Å². The molecular weight excluding hydrogens is 262 g/mol. The average molecular weight is 285 g/mol. The van der Waals surface area contributed by atoms with Gasteiger partial charge in [-0.25, -0.2) is 4.98 Å². The van der Waals surface area contributed by atoms with Crippen molar-refractivity contribution < 1.29 is 0 Å². The van der Waals surface area contributed by atoms with E-state index in [2.05, 4.69) is 39.8 Å². The lowest BCUT2D eigenvalue weighted by Gasteiger charge is -2.29. The zero-order chi connectivity index (χ0) is 14.8. The number of benzene rings is 1. The summed E-state index contributed by atoms with van der Waals surface area (Å²) >= 11 is 0. The molecule has 0 amide bonds. The number of para-hydroxylation sites is 1. The van der Waals surface area contributed by atoms with Crippen molar-refractivity contribution in [3.8, 4) is 0 Å². The number of likely N-dealkylation sites (tertiary alicyclic amines) is 1. The van der Waals surface area contributed by atoms with Gasteiger partial charge in [-0.3, -0.25) is 4.90 Å². The van der Waals surface area contributed by atoms with Gasteiger partial charge in [0.15, 0.2) is 0 Å². The van der Waals surface area contributed by atoms with Crippen molar-refractivity contribution in [3.05, 3.63) is 24.3 Å². The minimum absolute atomic E-state index is 0.342. The molecule has 5 heteroatoms. The predicted octanol–water partition coefficient (Wildman–Crippen LogP) is 2.13. The number of rotatable bonds is 4. The van der Waals surface area contributed by atoms with E-state index in [1.54, 1.807) is 0 Å². The van der Waals surface area contributed by atoms with Crippen molar-refractivity contribution in [2.45, 2.75) is 25.8 Å². The standard InChI is InChI=1S/C16H23N5/c1-3-21-10-6-7-12(21)11-20(2)15-13-8-4-5-9-14(13)18-16(17)19-15/h4-5,8-9,12H,3,6-7,10-11H2,1-2H3,(H2,17,18,19). The van der Waals surface area contributed by atoms with E-state index >= 15 is 0 Å². The molecule has 2 heterocycles. The van der Waals surface area contributed by atoms with Crippen LogP contribution in [0.5, 0.6) is 0 Å². The van der Waals surface area contributed by atoms with Crippen molar-refractivity contribution in [2.24, 2.45) is 0 Å². The number of likely N-dealkylation sites (N-methyl/N-ethyl adjacent to an activating group) is 2. The quantitative estimate of drug-likeness (QED) is 0.932. The smallest absolute Gasteiger partial charge is 0.222 e. The van der Waals surface area contributed by atoms with Crippen LogP contribution in [0.15, 0.2) is 24.3 Å². The van der Waals surface area contributed by atoms with E-state index in [0.717, 1.165) is 29.8 Å². The summed E-state index contributed by atoms with van der Waals surface area (Å²) in [6.45, 7) is 5.54. The number of nitrogens with zero attached hydrogens (tertiary/aromatic N) is 4. The lowest BCUT2D eigenvalue weighted by Crippen LogP contribution is -2.39. The number of nitrogens with two attached hydrogens (primary N) is 1. The first-order valence-corrected chi connectivity index (χ1v) is 7.66. The molecule has 1 aromatic carbocycles. The van der Waals surface area contributed by atoms with Crippen LogP contribution in [0.1, 0.15) is 19.8 Å². The fourth-order valence-corrected chi connectivity index (χ4v) is 3.29. The second-order valence-corrected chi connectivity index (χ2v) is 5.73. The number of fused-ring (bicyclic) bond motifs is 1. The van der Waals surface area contributed by atoms with Gasteiger partial charge in [-0.2, -0.15) is 4.98 Å². The molecule has 0 bridgehead atoms. The van der Waals surface area contributed by atoms with Crippen molar-refractivity contribution in [2.75, 3.05) is 37.3 Å². The van der Waals surface area contributed by atoms with Crippen LogP contribution in [0.4, 0.5) is 11.8 Å². The van der Waals surface area contributed by atoms with Crippen LogP contribution in [0.3, 0.4) is 0 Å². The summed E-state index contributed by atoms with van der Waals surface area (Å²) in [6, 6.07) is 8.66. The molecule has 3 rings (SSSR count). The third kappa shape index (κ3) is 2.78. The zero-order valence-corrected chi connectivity index (χ0v) is 12.8. The van der Waals surface area contributed by atoms with E-state index < -0.39 is 0 Å². The molecule has 1 fully saturated rings. The molecule has 0 aliphatic carbocycles. The third-order valence-corrected chi connectivity index (χ3v) is 4.35. The van der Waals surface area contributed by atoms with Crippen LogP contribution in [0.2, 0.25) is 0 Å². The van der Waals surface area contributed by atoms with Gasteiger partial charge in [-0.1, -0.05) is 19.1 Å². The van der Waals surface area contributed by atoms with Crippen LogP contribution in [-0.4, -0.2) is 47.6 Å². The van der Waals surface area contributed by atoms with Gasteiger partial charge < -0.3 is 10.6 Å². The third-order valence-electron chi connectivity index (χ3n) is 4.35. The Bertz CT molecular complexity index is 627. The van der Waals surface area contributed by atoms with Gasteiger partial charge in [-0.15, -0.1) is 0 Å². The summed E-state index contributed by atoms with van der Waals surface area (Å²) in [5.74, 6) is 1.27. The van der Waals surface area contributed by atoms with E-state index in [0.29, 0.717) is 12.0 Å². The number of hydrogen-bond donors (Lipinski definition) is 1. The SMILES string of the molecule is CCN1CCCC1CN(C)c1nc(N)nc2ccccc12. The number of anilines is 2. The van der Waals surface area contributed by atoms with Crippen LogP contribution >= 0.6 is 0 Å². The van der Waals surface area contributed by atoms with Crippen molar-refractivity contribution in [1.82, 2.24) is 14.9 Å². The second-order valence-electron chi connectivity index (χ2n) is 5.73. The number of nitrogen functional groups attached to an aromatic ring is 1.